The van der Waals surface area contributed by atoms with Crippen LogP contribution in [-0.2, 0) is 11.3 Å². The minimum atomic E-state index is -0.115. The first-order valence-corrected chi connectivity index (χ1v) is 10.5. The molecular formula is C24H29N3O2. The molecule has 152 valence electrons. The highest BCUT2D eigenvalue weighted by atomic mass is 16.5. The van der Waals surface area contributed by atoms with Crippen molar-refractivity contribution in [1.82, 2.24) is 14.9 Å². The third-order valence-electron chi connectivity index (χ3n) is 5.51. The summed E-state index contributed by atoms with van der Waals surface area (Å²) in [5.41, 5.74) is 4.42. The van der Waals surface area contributed by atoms with E-state index in [4.69, 9.17) is 9.72 Å². The van der Waals surface area contributed by atoms with Gasteiger partial charge in [-0.25, -0.2) is 4.98 Å². The normalized spacial score (nSPS) is 14.7. The molecule has 1 aliphatic rings. The van der Waals surface area contributed by atoms with Crippen molar-refractivity contribution in [2.45, 2.75) is 52.6 Å². The van der Waals surface area contributed by atoms with Crippen LogP contribution >= 0.6 is 0 Å². The molecule has 0 saturated heterocycles. The van der Waals surface area contributed by atoms with E-state index < -0.39 is 0 Å². The fraction of sp³-hybridized carbons (Fsp3) is 0.417. The van der Waals surface area contributed by atoms with Crippen LogP contribution in [0.5, 0.6) is 5.75 Å². The number of ether oxygens (including phenoxy) is 1. The Balaban J connectivity index is 1.46. The summed E-state index contributed by atoms with van der Waals surface area (Å²) in [6.07, 6.45) is 2.87. The zero-order chi connectivity index (χ0) is 20.4. The van der Waals surface area contributed by atoms with Crippen molar-refractivity contribution in [2.75, 3.05) is 6.61 Å². The van der Waals surface area contributed by atoms with Crippen molar-refractivity contribution in [3.05, 3.63) is 59.4 Å². The van der Waals surface area contributed by atoms with Crippen molar-refractivity contribution in [2.24, 2.45) is 5.92 Å². The summed E-state index contributed by atoms with van der Waals surface area (Å²) in [7, 11) is 0. The van der Waals surface area contributed by atoms with Crippen LogP contribution in [0.4, 0.5) is 0 Å². The number of carbonyl (C=O) groups is 1. The maximum Gasteiger partial charge on any atom is 0.223 e. The smallest absolute Gasteiger partial charge is 0.223 e. The quantitative estimate of drug-likeness (QED) is 0.566. The average Bonchev–Trinajstić information content (AvgIpc) is 3.49. The number of hydrogen-bond acceptors (Lipinski definition) is 3. The van der Waals surface area contributed by atoms with Gasteiger partial charge in [0.25, 0.3) is 0 Å². The molecule has 5 heteroatoms. The van der Waals surface area contributed by atoms with Crippen LogP contribution in [0, 0.1) is 19.8 Å². The molecule has 1 amide bonds. The average molecular weight is 392 g/mol. The Labute approximate surface area is 172 Å². The van der Waals surface area contributed by atoms with Gasteiger partial charge < -0.3 is 14.6 Å². The number of imidazole rings is 1. The Bertz CT molecular complexity index is 1020. The molecule has 0 spiro atoms. The molecule has 5 nitrogen and oxygen atoms in total. The number of aryl methyl sites for hydroxylation is 3. The molecule has 4 rings (SSSR count). The van der Waals surface area contributed by atoms with Gasteiger partial charge in [0.05, 0.1) is 23.7 Å². The highest BCUT2D eigenvalue weighted by molar-refractivity contribution is 5.81. The summed E-state index contributed by atoms with van der Waals surface area (Å²) >= 11 is 0. The standard InChI is InChI=1S/C24H29N3O2/c1-16-9-10-17(2)22(15-16)29-14-6-13-27-21-8-5-4-7-20(21)26-23(27)18(3)25-24(28)19-11-12-19/h4-5,7-10,15,18-19H,6,11-14H2,1-3H3,(H,25,28). The van der Waals surface area contributed by atoms with Gasteiger partial charge in [-0.1, -0.05) is 24.3 Å². The Morgan fingerprint density at radius 2 is 2.03 bits per heavy atom. The van der Waals surface area contributed by atoms with Crippen LogP contribution in [0.3, 0.4) is 0 Å². The molecule has 2 aromatic carbocycles. The van der Waals surface area contributed by atoms with E-state index in [0.29, 0.717) is 6.61 Å². The Kier molecular flexibility index (Phi) is 5.56. The first-order chi connectivity index (χ1) is 14.0. The van der Waals surface area contributed by atoms with Crippen LogP contribution in [0.15, 0.2) is 42.5 Å². The lowest BCUT2D eigenvalue weighted by Crippen LogP contribution is -2.30. The van der Waals surface area contributed by atoms with Crippen LogP contribution in [0.25, 0.3) is 11.0 Å². The Morgan fingerprint density at radius 1 is 1.24 bits per heavy atom. The van der Waals surface area contributed by atoms with E-state index in [-0.39, 0.29) is 17.9 Å². The zero-order valence-electron chi connectivity index (χ0n) is 17.4. The van der Waals surface area contributed by atoms with Gasteiger partial charge in [0.1, 0.15) is 11.6 Å². The minimum Gasteiger partial charge on any atom is -0.493 e. The van der Waals surface area contributed by atoms with Gasteiger partial charge in [-0.05, 0) is 69.4 Å². The summed E-state index contributed by atoms with van der Waals surface area (Å²) in [6.45, 7) is 7.60. The Morgan fingerprint density at radius 3 is 2.83 bits per heavy atom. The highest BCUT2D eigenvalue weighted by Gasteiger charge is 2.31. The number of aromatic nitrogens is 2. The molecule has 0 radical (unpaired) electrons. The molecule has 1 N–H and O–H groups in total. The fourth-order valence-electron chi connectivity index (χ4n) is 3.67. The number of carbonyl (C=O) groups excluding carboxylic acids is 1. The number of rotatable bonds is 8. The largest absolute Gasteiger partial charge is 0.493 e. The van der Waals surface area contributed by atoms with Crippen molar-refractivity contribution >= 4 is 16.9 Å². The van der Waals surface area contributed by atoms with Crippen LogP contribution < -0.4 is 10.1 Å². The molecule has 0 bridgehead atoms. The second kappa shape index (κ2) is 8.27. The fourth-order valence-corrected chi connectivity index (χ4v) is 3.67. The number of hydrogen-bond donors (Lipinski definition) is 1. The van der Waals surface area contributed by atoms with Crippen LogP contribution in [0.2, 0.25) is 0 Å². The molecule has 1 aromatic heterocycles. The predicted molar refractivity (Wildman–Crippen MR) is 115 cm³/mol. The summed E-state index contributed by atoms with van der Waals surface area (Å²) < 4.78 is 8.25. The number of nitrogens with one attached hydrogen (secondary N) is 1. The van der Waals surface area contributed by atoms with Crippen molar-refractivity contribution in [3.63, 3.8) is 0 Å². The van der Waals surface area contributed by atoms with E-state index in [0.717, 1.165) is 54.0 Å². The minimum absolute atomic E-state index is 0.115. The lowest BCUT2D eigenvalue weighted by atomic mass is 10.1. The third-order valence-corrected chi connectivity index (χ3v) is 5.51. The molecule has 3 aromatic rings. The van der Waals surface area contributed by atoms with E-state index in [1.165, 1.54) is 5.56 Å². The lowest BCUT2D eigenvalue weighted by Gasteiger charge is -2.17. The van der Waals surface area contributed by atoms with Gasteiger partial charge in [0, 0.05) is 12.5 Å². The van der Waals surface area contributed by atoms with Gasteiger partial charge in [-0.3, -0.25) is 4.79 Å². The number of para-hydroxylation sites is 2. The molecule has 1 unspecified atom stereocenters. The summed E-state index contributed by atoms with van der Waals surface area (Å²) in [6, 6.07) is 14.3. The number of amides is 1. The first-order valence-electron chi connectivity index (χ1n) is 10.5. The Hall–Kier alpha value is -2.82. The number of nitrogens with zero attached hydrogens (tertiary/aromatic N) is 2. The summed E-state index contributed by atoms with van der Waals surface area (Å²) in [5.74, 6) is 2.20. The molecule has 1 aliphatic carbocycles. The molecule has 1 fully saturated rings. The van der Waals surface area contributed by atoms with E-state index in [1.54, 1.807) is 0 Å². The van der Waals surface area contributed by atoms with Crippen molar-refractivity contribution < 1.29 is 9.53 Å². The molecule has 1 atom stereocenters. The second-order valence-corrected chi connectivity index (χ2v) is 8.09. The molecule has 1 heterocycles. The molecular weight excluding hydrogens is 362 g/mol. The topological polar surface area (TPSA) is 56.1 Å². The number of benzene rings is 2. The molecule has 1 saturated carbocycles. The van der Waals surface area contributed by atoms with Gasteiger partial charge >= 0.3 is 0 Å². The second-order valence-electron chi connectivity index (χ2n) is 8.09. The third kappa shape index (κ3) is 4.44. The molecule has 0 aliphatic heterocycles. The van der Waals surface area contributed by atoms with E-state index >= 15 is 0 Å². The van der Waals surface area contributed by atoms with Crippen LogP contribution in [-0.4, -0.2) is 22.1 Å². The molecule has 29 heavy (non-hydrogen) atoms. The van der Waals surface area contributed by atoms with Gasteiger partial charge in [0.2, 0.25) is 5.91 Å². The SMILES string of the molecule is Cc1ccc(C)c(OCCCn2c(C(C)NC(=O)C3CC3)nc3ccccc32)c1. The maximum absolute atomic E-state index is 12.2. The highest BCUT2D eigenvalue weighted by Crippen LogP contribution is 2.30. The van der Waals surface area contributed by atoms with E-state index in [9.17, 15) is 4.79 Å². The monoisotopic (exact) mass is 391 g/mol. The van der Waals surface area contributed by atoms with Gasteiger partial charge in [-0.15, -0.1) is 0 Å². The predicted octanol–water partition coefficient (Wildman–Crippen LogP) is 4.71. The van der Waals surface area contributed by atoms with Crippen molar-refractivity contribution in [3.8, 4) is 5.75 Å². The van der Waals surface area contributed by atoms with Gasteiger partial charge in [-0.2, -0.15) is 0 Å². The van der Waals surface area contributed by atoms with Crippen molar-refractivity contribution in [1.29, 1.82) is 0 Å². The summed E-state index contributed by atoms with van der Waals surface area (Å²) in [5, 5.41) is 3.14. The number of fused-ring (bicyclic) bond motifs is 1. The zero-order valence-corrected chi connectivity index (χ0v) is 17.4. The first kappa shape index (κ1) is 19.5. The van der Waals surface area contributed by atoms with Crippen LogP contribution in [0.1, 0.15) is 49.2 Å². The van der Waals surface area contributed by atoms with Gasteiger partial charge in [0.15, 0.2) is 0 Å². The lowest BCUT2D eigenvalue weighted by molar-refractivity contribution is -0.123. The summed E-state index contributed by atoms with van der Waals surface area (Å²) in [4.78, 5) is 17.0. The van der Waals surface area contributed by atoms with E-state index in [1.807, 2.05) is 25.1 Å². The van der Waals surface area contributed by atoms with E-state index in [2.05, 4.69) is 48.0 Å². The maximum atomic E-state index is 12.2.